The van der Waals surface area contributed by atoms with Gasteiger partial charge in [-0.15, -0.1) is 0 Å². The molecule has 0 aliphatic carbocycles. The van der Waals surface area contributed by atoms with Crippen LogP contribution in [-0.4, -0.2) is 19.5 Å². The Morgan fingerprint density at radius 3 is 2.75 bits per heavy atom. The van der Waals surface area contributed by atoms with Gasteiger partial charge in [0.05, 0.1) is 12.4 Å². The SMILES string of the molecule is CCCOc1ccc(NC(C)=NC)cc1C. The first-order chi connectivity index (χ1) is 7.67. The number of hydrogen-bond acceptors (Lipinski definition) is 2. The number of nitrogens with one attached hydrogen (secondary N) is 1. The predicted octanol–water partition coefficient (Wildman–Crippen LogP) is 3.24. The summed E-state index contributed by atoms with van der Waals surface area (Å²) in [5.74, 6) is 1.86. The van der Waals surface area contributed by atoms with Crippen molar-refractivity contribution in [2.75, 3.05) is 19.0 Å². The van der Waals surface area contributed by atoms with E-state index in [2.05, 4.69) is 30.2 Å². The van der Waals surface area contributed by atoms with Crippen LogP contribution in [0.1, 0.15) is 25.8 Å². The Hall–Kier alpha value is -1.51. The Kier molecular flexibility index (Phi) is 4.83. The van der Waals surface area contributed by atoms with E-state index in [9.17, 15) is 0 Å². The van der Waals surface area contributed by atoms with Crippen LogP contribution in [0.15, 0.2) is 23.2 Å². The fraction of sp³-hybridized carbons (Fsp3) is 0.462. The molecule has 1 rings (SSSR count). The zero-order valence-electron chi connectivity index (χ0n) is 10.5. The summed E-state index contributed by atoms with van der Waals surface area (Å²) >= 11 is 0. The van der Waals surface area contributed by atoms with E-state index in [4.69, 9.17) is 4.74 Å². The van der Waals surface area contributed by atoms with Crippen LogP contribution >= 0.6 is 0 Å². The van der Waals surface area contributed by atoms with Crippen LogP contribution in [0.2, 0.25) is 0 Å². The Morgan fingerprint density at radius 2 is 2.19 bits per heavy atom. The maximum absolute atomic E-state index is 5.61. The van der Waals surface area contributed by atoms with Crippen molar-refractivity contribution in [1.82, 2.24) is 0 Å². The summed E-state index contributed by atoms with van der Waals surface area (Å²) in [6.45, 7) is 6.86. The minimum Gasteiger partial charge on any atom is -0.493 e. The van der Waals surface area contributed by atoms with Crippen molar-refractivity contribution in [2.45, 2.75) is 27.2 Å². The molecule has 0 radical (unpaired) electrons. The van der Waals surface area contributed by atoms with Gasteiger partial charge in [-0.2, -0.15) is 0 Å². The molecule has 0 aromatic heterocycles. The van der Waals surface area contributed by atoms with E-state index >= 15 is 0 Å². The Morgan fingerprint density at radius 1 is 1.44 bits per heavy atom. The number of amidine groups is 1. The number of benzene rings is 1. The Balaban J connectivity index is 2.74. The number of anilines is 1. The van der Waals surface area contributed by atoms with Crippen LogP contribution in [-0.2, 0) is 0 Å². The largest absolute Gasteiger partial charge is 0.493 e. The van der Waals surface area contributed by atoms with E-state index in [1.54, 1.807) is 7.05 Å². The number of hydrogen-bond donors (Lipinski definition) is 1. The molecule has 0 saturated heterocycles. The summed E-state index contributed by atoms with van der Waals surface area (Å²) in [5.41, 5.74) is 2.19. The van der Waals surface area contributed by atoms with Crippen molar-refractivity contribution in [1.29, 1.82) is 0 Å². The molecule has 0 atom stereocenters. The van der Waals surface area contributed by atoms with Gasteiger partial charge >= 0.3 is 0 Å². The lowest BCUT2D eigenvalue weighted by Gasteiger charge is -2.11. The molecule has 0 aliphatic rings. The van der Waals surface area contributed by atoms with Crippen LogP contribution in [0.5, 0.6) is 5.75 Å². The number of rotatable bonds is 4. The topological polar surface area (TPSA) is 33.6 Å². The first-order valence-corrected chi connectivity index (χ1v) is 5.61. The smallest absolute Gasteiger partial charge is 0.122 e. The lowest BCUT2D eigenvalue weighted by Crippen LogP contribution is -2.07. The van der Waals surface area contributed by atoms with Gasteiger partial charge in [0.25, 0.3) is 0 Å². The molecule has 1 aromatic rings. The van der Waals surface area contributed by atoms with Crippen molar-refractivity contribution in [2.24, 2.45) is 4.99 Å². The molecular weight excluding hydrogens is 200 g/mol. The fourth-order valence-corrected chi connectivity index (χ4v) is 1.37. The maximum Gasteiger partial charge on any atom is 0.122 e. The molecule has 16 heavy (non-hydrogen) atoms. The number of aryl methyl sites for hydroxylation is 1. The second kappa shape index (κ2) is 6.16. The van der Waals surface area contributed by atoms with Crippen molar-refractivity contribution < 1.29 is 4.74 Å². The average Bonchev–Trinajstić information content (AvgIpc) is 2.28. The van der Waals surface area contributed by atoms with Gasteiger partial charge in [-0.25, -0.2) is 0 Å². The summed E-state index contributed by atoms with van der Waals surface area (Å²) < 4.78 is 5.61. The highest BCUT2D eigenvalue weighted by Crippen LogP contribution is 2.22. The van der Waals surface area contributed by atoms with E-state index in [1.165, 1.54) is 0 Å². The average molecular weight is 220 g/mol. The highest BCUT2D eigenvalue weighted by atomic mass is 16.5. The molecule has 1 aromatic carbocycles. The van der Waals surface area contributed by atoms with E-state index in [-0.39, 0.29) is 0 Å². The lowest BCUT2D eigenvalue weighted by molar-refractivity contribution is 0.315. The lowest BCUT2D eigenvalue weighted by atomic mass is 10.2. The molecule has 0 amide bonds. The van der Waals surface area contributed by atoms with Crippen LogP contribution < -0.4 is 10.1 Å². The van der Waals surface area contributed by atoms with Gasteiger partial charge in [0.15, 0.2) is 0 Å². The third kappa shape index (κ3) is 3.57. The van der Waals surface area contributed by atoms with Crippen LogP contribution in [0, 0.1) is 6.92 Å². The number of aliphatic imine (C=N–C) groups is 1. The zero-order valence-corrected chi connectivity index (χ0v) is 10.5. The Labute approximate surface area is 97.5 Å². The van der Waals surface area contributed by atoms with Crippen molar-refractivity contribution in [3.8, 4) is 5.75 Å². The van der Waals surface area contributed by atoms with Gasteiger partial charge in [0.1, 0.15) is 5.75 Å². The standard InChI is InChI=1S/C13H20N2O/c1-5-8-16-13-7-6-12(9-10(13)2)15-11(3)14-4/h6-7,9H,5,8H2,1-4H3,(H,14,15). The van der Waals surface area contributed by atoms with Crippen LogP contribution in [0.4, 0.5) is 5.69 Å². The third-order valence-electron chi connectivity index (χ3n) is 2.30. The fourth-order valence-electron chi connectivity index (χ4n) is 1.37. The minimum absolute atomic E-state index is 0.767. The van der Waals surface area contributed by atoms with Gasteiger partial charge in [0.2, 0.25) is 0 Å². The Bertz CT molecular complexity index is 372. The predicted molar refractivity (Wildman–Crippen MR) is 69.6 cm³/mol. The zero-order chi connectivity index (χ0) is 12.0. The van der Waals surface area contributed by atoms with Gasteiger partial charge in [-0.3, -0.25) is 4.99 Å². The monoisotopic (exact) mass is 220 g/mol. The van der Waals surface area contributed by atoms with Gasteiger partial charge in [-0.1, -0.05) is 6.92 Å². The minimum atomic E-state index is 0.767. The molecule has 1 N–H and O–H groups in total. The van der Waals surface area contributed by atoms with Gasteiger partial charge in [-0.05, 0) is 44.0 Å². The molecule has 0 fully saturated rings. The highest BCUT2D eigenvalue weighted by molar-refractivity contribution is 5.93. The summed E-state index contributed by atoms with van der Waals surface area (Å²) in [4.78, 5) is 4.06. The molecule has 0 spiro atoms. The normalized spacial score (nSPS) is 11.4. The quantitative estimate of drug-likeness (QED) is 0.624. The van der Waals surface area contributed by atoms with E-state index in [0.717, 1.165) is 35.9 Å². The molecule has 3 nitrogen and oxygen atoms in total. The van der Waals surface area contributed by atoms with Crippen molar-refractivity contribution in [3.05, 3.63) is 23.8 Å². The highest BCUT2D eigenvalue weighted by Gasteiger charge is 2.01. The van der Waals surface area contributed by atoms with Crippen molar-refractivity contribution >= 4 is 11.5 Å². The van der Waals surface area contributed by atoms with E-state index in [1.807, 2.05) is 19.1 Å². The first kappa shape index (κ1) is 12.6. The van der Waals surface area contributed by atoms with E-state index < -0.39 is 0 Å². The second-order valence-electron chi connectivity index (χ2n) is 3.76. The maximum atomic E-state index is 5.61. The summed E-state index contributed by atoms with van der Waals surface area (Å²) in [5, 5.41) is 3.21. The third-order valence-corrected chi connectivity index (χ3v) is 2.30. The molecule has 0 bridgehead atoms. The van der Waals surface area contributed by atoms with Gasteiger partial charge < -0.3 is 10.1 Å². The molecule has 88 valence electrons. The molecule has 3 heteroatoms. The van der Waals surface area contributed by atoms with Gasteiger partial charge in [0, 0.05) is 12.7 Å². The van der Waals surface area contributed by atoms with Crippen LogP contribution in [0.3, 0.4) is 0 Å². The summed E-state index contributed by atoms with van der Waals surface area (Å²) in [7, 11) is 1.77. The summed E-state index contributed by atoms with van der Waals surface area (Å²) in [6, 6.07) is 6.07. The molecule has 0 aliphatic heterocycles. The molecular formula is C13H20N2O. The number of ether oxygens (including phenoxy) is 1. The second-order valence-corrected chi connectivity index (χ2v) is 3.76. The molecule has 0 heterocycles. The molecule has 0 saturated carbocycles. The molecule has 0 unspecified atom stereocenters. The number of nitrogens with zero attached hydrogens (tertiary/aromatic N) is 1. The van der Waals surface area contributed by atoms with Crippen LogP contribution in [0.25, 0.3) is 0 Å². The van der Waals surface area contributed by atoms with Crippen molar-refractivity contribution in [3.63, 3.8) is 0 Å². The summed E-state index contributed by atoms with van der Waals surface area (Å²) in [6.07, 6.45) is 1.03. The first-order valence-electron chi connectivity index (χ1n) is 5.61. The van der Waals surface area contributed by atoms with E-state index in [0.29, 0.717) is 0 Å².